The van der Waals surface area contributed by atoms with Gasteiger partial charge in [0.2, 0.25) is 0 Å². The SMILES string of the molecule is C/C=C\SCc1cccc(OC)c(OC)cc(C)[nH]c1=O. The lowest BCUT2D eigenvalue weighted by Gasteiger charge is -2.05. The molecule has 0 atom stereocenters. The number of allylic oxidation sites excluding steroid dienone is 1. The normalized spacial score (nSPS) is 10.3. The Hall–Kier alpha value is -1.88. The van der Waals surface area contributed by atoms with Gasteiger partial charge in [-0.05, 0) is 25.3 Å². The third-order valence-corrected chi connectivity index (χ3v) is 3.59. The van der Waals surface area contributed by atoms with Crippen molar-refractivity contribution in [2.75, 3.05) is 14.2 Å². The third-order valence-electron chi connectivity index (χ3n) is 2.65. The van der Waals surface area contributed by atoms with Crippen molar-refractivity contribution in [3.05, 3.63) is 57.4 Å². The molecule has 1 aromatic heterocycles. The van der Waals surface area contributed by atoms with Gasteiger partial charge in [0.1, 0.15) is 0 Å². The number of hydrogen-bond donors (Lipinski definition) is 1. The van der Waals surface area contributed by atoms with Gasteiger partial charge in [-0.2, -0.15) is 0 Å². The van der Waals surface area contributed by atoms with E-state index in [9.17, 15) is 4.79 Å². The number of aromatic nitrogens is 1. The van der Waals surface area contributed by atoms with E-state index in [1.54, 1.807) is 50.2 Å². The number of hydrogen-bond acceptors (Lipinski definition) is 4. The first-order chi connectivity index (χ1) is 10.1. The molecule has 1 aromatic rings. The fourth-order valence-electron chi connectivity index (χ4n) is 1.65. The zero-order valence-corrected chi connectivity index (χ0v) is 13.6. The second kappa shape index (κ2) is 9.13. The molecule has 1 N–H and O–H groups in total. The molecule has 0 radical (unpaired) electrons. The molecule has 0 aliphatic carbocycles. The summed E-state index contributed by atoms with van der Waals surface area (Å²) in [7, 11) is 3.15. The van der Waals surface area contributed by atoms with Crippen LogP contribution in [-0.4, -0.2) is 19.2 Å². The van der Waals surface area contributed by atoms with E-state index >= 15 is 0 Å². The minimum Gasteiger partial charge on any atom is -0.493 e. The van der Waals surface area contributed by atoms with Gasteiger partial charge in [-0.3, -0.25) is 4.79 Å². The Morgan fingerprint density at radius 3 is 2.57 bits per heavy atom. The standard InChI is InChI=1S/C16H21NO3S/c1-5-9-21-11-13-7-6-8-14(19-3)15(20-4)10-12(2)17-16(13)18/h5-10H,11H2,1-4H3,(H,17,18)/b9-5-. The average Bonchev–Trinajstić information content (AvgIpc) is 2.47. The smallest absolute Gasteiger partial charge is 0.252 e. The van der Waals surface area contributed by atoms with E-state index in [2.05, 4.69) is 4.98 Å². The van der Waals surface area contributed by atoms with Crippen LogP contribution in [0.2, 0.25) is 0 Å². The van der Waals surface area contributed by atoms with Gasteiger partial charge in [0.25, 0.3) is 5.56 Å². The van der Waals surface area contributed by atoms with Gasteiger partial charge < -0.3 is 14.5 Å². The summed E-state index contributed by atoms with van der Waals surface area (Å²) in [5.74, 6) is 1.77. The summed E-state index contributed by atoms with van der Waals surface area (Å²) in [4.78, 5) is 15.1. The number of ether oxygens (including phenoxy) is 2. The molecule has 0 aliphatic heterocycles. The number of aryl methyl sites for hydroxylation is 1. The average molecular weight is 307 g/mol. The molecule has 1 rings (SSSR count). The van der Waals surface area contributed by atoms with Crippen LogP contribution in [0, 0.1) is 6.92 Å². The Labute approximate surface area is 129 Å². The molecular formula is C16H21NO3S. The van der Waals surface area contributed by atoms with Crippen LogP contribution in [0.4, 0.5) is 0 Å². The Morgan fingerprint density at radius 2 is 1.95 bits per heavy atom. The van der Waals surface area contributed by atoms with Crippen LogP contribution in [0.1, 0.15) is 18.2 Å². The molecule has 0 bridgehead atoms. The summed E-state index contributed by atoms with van der Waals surface area (Å²) in [6, 6.07) is 7.10. The van der Waals surface area contributed by atoms with Gasteiger partial charge >= 0.3 is 0 Å². The number of thioether (sulfide) groups is 1. The summed E-state index contributed by atoms with van der Waals surface area (Å²) in [5, 5.41) is 1.96. The molecular weight excluding hydrogens is 286 g/mol. The molecule has 1 heterocycles. The second-order valence-corrected chi connectivity index (χ2v) is 5.14. The lowest BCUT2D eigenvalue weighted by atomic mass is 10.3. The zero-order chi connectivity index (χ0) is 15.7. The van der Waals surface area contributed by atoms with Gasteiger partial charge in [0, 0.05) is 23.1 Å². The number of nitrogens with one attached hydrogen (secondary N) is 1. The first-order valence-corrected chi connectivity index (χ1v) is 7.59. The van der Waals surface area contributed by atoms with Crippen LogP contribution >= 0.6 is 11.8 Å². The highest BCUT2D eigenvalue weighted by Gasteiger charge is 2.01. The summed E-state index contributed by atoms with van der Waals surface area (Å²) in [6.45, 7) is 3.76. The molecule has 5 heteroatoms. The number of H-pyrrole nitrogens is 1. The fraction of sp³-hybridized carbons (Fsp3) is 0.312. The molecule has 4 nitrogen and oxygen atoms in total. The number of aromatic amines is 1. The van der Waals surface area contributed by atoms with E-state index in [0.717, 1.165) is 0 Å². The molecule has 0 aromatic carbocycles. The van der Waals surface area contributed by atoms with E-state index in [0.29, 0.717) is 28.5 Å². The van der Waals surface area contributed by atoms with Crippen LogP contribution in [0.15, 0.2) is 40.5 Å². The Bertz CT molecular complexity index is 607. The second-order valence-electron chi connectivity index (χ2n) is 4.25. The quantitative estimate of drug-likeness (QED) is 0.903. The summed E-state index contributed by atoms with van der Waals surface area (Å²) in [5.41, 5.74) is 1.28. The van der Waals surface area contributed by atoms with Crippen molar-refractivity contribution in [1.82, 2.24) is 4.98 Å². The molecule has 0 saturated heterocycles. The molecule has 0 fully saturated rings. The minimum atomic E-state index is -0.110. The highest BCUT2D eigenvalue weighted by molar-refractivity contribution is 8.01. The fourth-order valence-corrected chi connectivity index (χ4v) is 2.34. The summed E-state index contributed by atoms with van der Waals surface area (Å²) >= 11 is 1.57. The molecule has 0 unspecified atom stereocenters. The molecule has 0 saturated carbocycles. The largest absolute Gasteiger partial charge is 0.493 e. The van der Waals surface area contributed by atoms with Gasteiger partial charge in [0.05, 0.1) is 14.2 Å². The lowest BCUT2D eigenvalue weighted by molar-refractivity contribution is 0.355. The number of methoxy groups -OCH3 is 2. The molecule has 114 valence electrons. The zero-order valence-electron chi connectivity index (χ0n) is 12.8. The monoisotopic (exact) mass is 307 g/mol. The molecule has 0 aliphatic rings. The van der Waals surface area contributed by atoms with Crippen molar-refractivity contribution in [3.63, 3.8) is 0 Å². The van der Waals surface area contributed by atoms with Crippen molar-refractivity contribution in [1.29, 1.82) is 0 Å². The third kappa shape index (κ3) is 5.55. The van der Waals surface area contributed by atoms with Gasteiger partial charge in [-0.25, -0.2) is 0 Å². The topological polar surface area (TPSA) is 51.3 Å². The van der Waals surface area contributed by atoms with E-state index in [4.69, 9.17) is 9.47 Å². The maximum absolute atomic E-state index is 12.2. The predicted octanol–water partition coefficient (Wildman–Crippen LogP) is 3.59. The van der Waals surface area contributed by atoms with Crippen molar-refractivity contribution in [2.45, 2.75) is 19.6 Å². The maximum Gasteiger partial charge on any atom is 0.252 e. The minimum absolute atomic E-state index is 0.110. The van der Waals surface area contributed by atoms with Gasteiger partial charge in [0.15, 0.2) is 11.5 Å². The van der Waals surface area contributed by atoms with Crippen LogP contribution in [0.25, 0.3) is 0 Å². The van der Waals surface area contributed by atoms with E-state index in [1.165, 1.54) is 0 Å². The van der Waals surface area contributed by atoms with E-state index < -0.39 is 0 Å². The van der Waals surface area contributed by atoms with E-state index in [-0.39, 0.29) is 5.56 Å². The predicted molar refractivity (Wildman–Crippen MR) is 88.6 cm³/mol. The van der Waals surface area contributed by atoms with Crippen molar-refractivity contribution in [2.24, 2.45) is 0 Å². The summed E-state index contributed by atoms with van der Waals surface area (Å²) < 4.78 is 10.6. The Kier molecular flexibility index (Phi) is 7.46. The Balaban J connectivity index is 3.42. The first kappa shape index (κ1) is 17.2. The van der Waals surface area contributed by atoms with Crippen molar-refractivity contribution < 1.29 is 9.47 Å². The first-order valence-electron chi connectivity index (χ1n) is 6.54. The van der Waals surface area contributed by atoms with Crippen molar-refractivity contribution >= 4 is 11.8 Å². The summed E-state index contributed by atoms with van der Waals surface area (Å²) in [6.07, 6.45) is 1.95. The van der Waals surface area contributed by atoms with Crippen LogP contribution in [0.3, 0.4) is 0 Å². The van der Waals surface area contributed by atoms with Crippen molar-refractivity contribution in [3.8, 4) is 11.5 Å². The molecule has 0 amide bonds. The lowest BCUT2D eigenvalue weighted by Crippen LogP contribution is -2.09. The maximum atomic E-state index is 12.2. The highest BCUT2D eigenvalue weighted by atomic mass is 32.2. The highest BCUT2D eigenvalue weighted by Crippen LogP contribution is 2.23. The van der Waals surface area contributed by atoms with Gasteiger partial charge in [-0.1, -0.05) is 18.2 Å². The molecule has 0 spiro atoms. The van der Waals surface area contributed by atoms with Crippen LogP contribution in [0.5, 0.6) is 11.5 Å². The molecule has 21 heavy (non-hydrogen) atoms. The Morgan fingerprint density at radius 1 is 1.24 bits per heavy atom. The van der Waals surface area contributed by atoms with Crippen LogP contribution < -0.4 is 15.0 Å². The van der Waals surface area contributed by atoms with E-state index in [1.807, 2.05) is 25.3 Å². The van der Waals surface area contributed by atoms with Gasteiger partial charge in [-0.15, -0.1) is 11.8 Å². The number of rotatable bonds is 5. The van der Waals surface area contributed by atoms with Crippen LogP contribution in [-0.2, 0) is 5.75 Å².